The predicted molar refractivity (Wildman–Crippen MR) is 88.1 cm³/mol. The molecule has 0 bridgehead atoms. The van der Waals surface area contributed by atoms with Crippen molar-refractivity contribution in [3.63, 3.8) is 0 Å². The van der Waals surface area contributed by atoms with E-state index in [4.69, 9.17) is 4.74 Å². The Labute approximate surface area is 138 Å². The van der Waals surface area contributed by atoms with Crippen LogP contribution in [0.15, 0.2) is 48.5 Å². The summed E-state index contributed by atoms with van der Waals surface area (Å²) in [5.74, 6) is -0.614. The zero-order valence-electron chi connectivity index (χ0n) is 12.8. The minimum Gasteiger partial charge on any atom is -0.476 e. The minimum absolute atomic E-state index is 0.136. The molecule has 2 aromatic rings. The Bertz CT molecular complexity index is 868. The van der Waals surface area contributed by atoms with E-state index in [1.54, 1.807) is 24.3 Å². The highest BCUT2D eigenvalue weighted by Crippen LogP contribution is 2.34. The third kappa shape index (κ3) is 3.33. The molecule has 1 aliphatic heterocycles. The van der Waals surface area contributed by atoms with Crippen LogP contribution in [0.4, 0.5) is 15.8 Å². The third-order valence-electron chi connectivity index (χ3n) is 3.54. The molecule has 0 saturated carbocycles. The summed E-state index contributed by atoms with van der Waals surface area (Å²) in [5.41, 5.74) is 0.792. The van der Waals surface area contributed by atoms with Crippen LogP contribution < -0.4 is 14.4 Å². The Morgan fingerprint density at radius 1 is 1.21 bits per heavy atom. The van der Waals surface area contributed by atoms with Crippen molar-refractivity contribution in [2.45, 2.75) is 6.10 Å². The summed E-state index contributed by atoms with van der Waals surface area (Å²) < 4.78 is 43.7. The van der Waals surface area contributed by atoms with Crippen molar-refractivity contribution in [3.8, 4) is 5.75 Å². The van der Waals surface area contributed by atoms with Gasteiger partial charge in [0.1, 0.15) is 11.6 Å². The van der Waals surface area contributed by atoms with E-state index in [-0.39, 0.29) is 6.54 Å². The molecule has 0 aromatic heterocycles. The maximum absolute atomic E-state index is 12.9. The van der Waals surface area contributed by atoms with Crippen LogP contribution in [0.5, 0.6) is 5.75 Å². The zero-order valence-corrected chi connectivity index (χ0v) is 13.6. The molecule has 24 heavy (non-hydrogen) atoms. The third-order valence-corrected chi connectivity index (χ3v) is 4.69. The fraction of sp³-hybridized carbons (Fsp3) is 0.188. The molecule has 1 N–H and O–H groups in total. The summed E-state index contributed by atoms with van der Waals surface area (Å²) in [4.78, 5) is 12.4. The van der Waals surface area contributed by atoms with Crippen LogP contribution in [0.2, 0.25) is 0 Å². The molecule has 0 radical (unpaired) electrons. The second-order valence-corrected chi connectivity index (χ2v) is 7.27. The number of nitrogens with one attached hydrogen (secondary N) is 1. The number of fused-ring (bicyclic) bond motifs is 1. The first-order valence-corrected chi connectivity index (χ1v) is 8.99. The van der Waals surface area contributed by atoms with Gasteiger partial charge >= 0.3 is 0 Å². The van der Waals surface area contributed by atoms with Gasteiger partial charge in [0, 0.05) is 5.69 Å². The number of sulfonamides is 1. The topological polar surface area (TPSA) is 75.7 Å². The fourth-order valence-electron chi connectivity index (χ4n) is 2.41. The largest absolute Gasteiger partial charge is 0.476 e. The number of para-hydroxylation sites is 2. The van der Waals surface area contributed by atoms with E-state index in [1.807, 2.05) is 0 Å². The summed E-state index contributed by atoms with van der Waals surface area (Å²) in [7, 11) is -3.56. The number of hydrogen-bond acceptors (Lipinski definition) is 4. The lowest BCUT2D eigenvalue weighted by molar-refractivity contribution is -0.122. The molecule has 0 spiro atoms. The van der Waals surface area contributed by atoms with E-state index in [0.29, 0.717) is 17.1 Å². The first kappa shape index (κ1) is 16.3. The lowest BCUT2D eigenvalue weighted by atomic mass is 10.2. The number of halogens is 1. The number of benzene rings is 2. The first-order valence-electron chi connectivity index (χ1n) is 7.14. The number of nitrogens with zero attached hydrogens (tertiary/aromatic N) is 1. The first-order chi connectivity index (χ1) is 11.3. The van der Waals surface area contributed by atoms with E-state index in [9.17, 15) is 17.6 Å². The second-order valence-electron chi connectivity index (χ2n) is 5.36. The summed E-state index contributed by atoms with van der Waals surface area (Å²) >= 11 is 0. The predicted octanol–water partition coefficient (Wildman–Crippen LogP) is 1.99. The van der Waals surface area contributed by atoms with Crippen molar-refractivity contribution in [1.82, 2.24) is 0 Å². The van der Waals surface area contributed by atoms with Crippen LogP contribution in [-0.4, -0.2) is 33.2 Å². The van der Waals surface area contributed by atoms with Crippen LogP contribution in [0, 0.1) is 5.82 Å². The Hall–Kier alpha value is -2.61. The van der Waals surface area contributed by atoms with Crippen LogP contribution in [0.1, 0.15) is 0 Å². The van der Waals surface area contributed by atoms with Gasteiger partial charge in [0.15, 0.2) is 6.10 Å². The lowest BCUT2D eigenvalue weighted by Crippen LogP contribution is -2.48. The number of carbonyl (C=O) groups excluding carboxylic acids is 1. The fourth-order valence-corrected chi connectivity index (χ4v) is 3.32. The molecule has 0 unspecified atom stereocenters. The highest BCUT2D eigenvalue weighted by atomic mass is 32.2. The van der Waals surface area contributed by atoms with E-state index < -0.39 is 27.9 Å². The Kier molecular flexibility index (Phi) is 4.15. The highest BCUT2D eigenvalue weighted by Gasteiger charge is 2.34. The minimum atomic E-state index is -3.56. The standard InChI is InChI=1S/C16H15FN2O4S/c1-24(21,22)19-10-15(23-14-5-3-2-4-13(14)19)16(20)18-12-8-6-11(17)7-9-12/h2-9,15H,10H2,1H3,(H,18,20)/t15-/m0/s1. The van der Waals surface area contributed by atoms with E-state index >= 15 is 0 Å². The molecule has 0 aliphatic carbocycles. The number of ether oxygens (including phenoxy) is 1. The van der Waals surface area contributed by atoms with Gasteiger partial charge in [-0.2, -0.15) is 0 Å². The van der Waals surface area contributed by atoms with Gasteiger partial charge in [-0.25, -0.2) is 12.8 Å². The number of amides is 1. The number of anilines is 2. The molecule has 126 valence electrons. The van der Waals surface area contributed by atoms with Gasteiger partial charge in [-0.1, -0.05) is 12.1 Å². The molecule has 8 heteroatoms. The molecule has 3 rings (SSSR count). The van der Waals surface area contributed by atoms with Crippen molar-refractivity contribution < 1.29 is 22.3 Å². The molecule has 1 aliphatic rings. The number of rotatable bonds is 3. The second kappa shape index (κ2) is 6.12. The zero-order chi connectivity index (χ0) is 17.3. The van der Waals surface area contributed by atoms with Crippen LogP contribution in [0.3, 0.4) is 0 Å². The summed E-state index contributed by atoms with van der Waals surface area (Å²) in [6, 6.07) is 11.9. The van der Waals surface area contributed by atoms with Crippen molar-refractivity contribution >= 4 is 27.3 Å². The van der Waals surface area contributed by atoms with Gasteiger partial charge < -0.3 is 10.1 Å². The lowest BCUT2D eigenvalue weighted by Gasteiger charge is -2.33. The maximum Gasteiger partial charge on any atom is 0.267 e. The average Bonchev–Trinajstić information content (AvgIpc) is 2.55. The summed E-state index contributed by atoms with van der Waals surface area (Å²) in [6.07, 6.45) is 0.0593. The Morgan fingerprint density at radius 2 is 1.88 bits per heavy atom. The van der Waals surface area contributed by atoms with Crippen molar-refractivity contribution in [2.24, 2.45) is 0 Å². The van der Waals surface area contributed by atoms with Gasteiger partial charge in [0.2, 0.25) is 10.0 Å². The van der Waals surface area contributed by atoms with E-state index in [0.717, 1.165) is 10.6 Å². The molecular formula is C16H15FN2O4S. The quantitative estimate of drug-likeness (QED) is 0.919. The molecule has 2 aromatic carbocycles. The Morgan fingerprint density at radius 3 is 2.54 bits per heavy atom. The van der Waals surface area contributed by atoms with Crippen molar-refractivity contribution in [1.29, 1.82) is 0 Å². The summed E-state index contributed by atoms with van der Waals surface area (Å²) in [5, 5.41) is 2.59. The summed E-state index contributed by atoms with van der Waals surface area (Å²) in [6.45, 7) is -0.136. The van der Waals surface area contributed by atoms with Gasteiger partial charge in [-0.15, -0.1) is 0 Å². The average molecular weight is 350 g/mol. The maximum atomic E-state index is 12.9. The van der Waals surface area contributed by atoms with Gasteiger partial charge in [-0.05, 0) is 36.4 Å². The van der Waals surface area contributed by atoms with Crippen LogP contribution in [0.25, 0.3) is 0 Å². The normalized spacial score (nSPS) is 16.9. The van der Waals surface area contributed by atoms with Gasteiger partial charge in [0.25, 0.3) is 5.91 Å². The Balaban J connectivity index is 1.85. The number of carbonyl (C=O) groups is 1. The number of hydrogen-bond donors (Lipinski definition) is 1. The van der Waals surface area contributed by atoms with Gasteiger partial charge in [0.05, 0.1) is 18.5 Å². The molecule has 1 amide bonds. The monoisotopic (exact) mass is 350 g/mol. The van der Waals surface area contributed by atoms with E-state index in [1.165, 1.54) is 24.3 Å². The van der Waals surface area contributed by atoms with Crippen molar-refractivity contribution in [3.05, 3.63) is 54.3 Å². The SMILES string of the molecule is CS(=O)(=O)N1C[C@@H](C(=O)Nc2ccc(F)cc2)Oc2ccccc21. The van der Waals surface area contributed by atoms with Crippen LogP contribution in [-0.2, 0) is 14.8 Å². The highest BCUT2D eigenvalue weighted by molar-refractivity contribution is 7.92. The van der Waals surface area contributed by atoms with Crippen molar-refractivity contribution in [2.75, 3.05) is 22.4 Å². The smallest absolute Gasteiger partial charge is 0.267 e. The molecule has 1 heterocycles. The van der Waals surface area contributed by atoms with Gasteiger partial charge in [-0.3, -0.25) is 9.10 Å². The molecule has 0 fully saturated rings. The molecular weight excluding hydrogens is 335 g/mol. The molecule has 0 saturated heterocycles. The molecule has 6 nitrogen and oxygen atoms in total. The molecule has 1 atom stereocenters. The van der Waals surface area contributed by atoms with Crippen LogP contribution >= 0.6 is 0 Å². The van der Waals surface area contributed by atoms with E-state index in [2.05, 4.69) is 5.32 Å².